The van der Waals surface area contributed by atoms with Crippen molar-refractivity contribution in [3.05, 3.63) is 68.0 Å². The molecule has 0 spiro atoms. The quantitative estimate of drug-likeness (QED) is 0.402. The van der Waals surface area contributed by atoms with Gasteiger partial charge in [0.1, 0.15) is 13.2 Å². The number of ether oxygens (including phenoxy) is 1. The monoisotopic (exact) mass is 410 g/mol. The van der Waals surface area contributed by atoms with Crippen LogP contribution in [0.25, 0.3) is 22.2 Å². The Labute approximate surface area is 168 Å². The molecule has 0 aliphatic carbocycles. The minimum Gasteiger partial charge on any atom is -0.462 e. The summed E-state index contributed by atoms with van der Waals surface area (Å²) in [5.74, 6) is -0.599. The summed E-state index contributed by atoms with van der Waals surface area (Å²) in [6.45, 7) is -0.126. The molecule has 11 nitrogen and oxygen atoms in total. The molecule has 4 rings (SSSR count). The highest BCUT2D eigenvalue weighted by Crippen LogP contribution is 2.08. The summed E-state index contributed by atoms with van der Waals surface area (Å²) in [5.41, 5.74) is 0.265. The molecule has 0 radical (unpaired) electrons. The zero-order valence-corrected chi connectivity index (χ0v) is 16.3. The topological polar surface area (TPSA) is 123 Å². The van der Waals surface area contributed by atoms with E-state index in [1.165, 1.54) is 34.1 Å². The number of aryl methyl sites for hydroxylation is 1. The van der Waals surface area contributed by atoms with Crippen molar-refractivity contribution in [1.82, 2.24) is 28.2 Å². The molecular formula is C19H18N6O5. The van der Waals surface area contributed by atoms with Crippen LogP contribution in [0.4, 0.5) is 0 Å². The van der Waals surface area contributed by atoms with Crippen LogP contribution >= 0.6 is 0 Å². The van der Waals surface area contributed by atoms with Crippen molar-refractivity contribution >= 4 is 28.2 Å². The molecule has 0 saturated heterocycles. The van der Waals surface area contributed by atoms with Gasteiger partial charge in [-0.1, -0.05) is 12.1 Å². The van der Waals surface area contributed by atoms with E-state index in [9.17, 15) is 19.2 Å². The number of rotatable bonds is 5. The van der Waals surface area contributed by atoms with Crippen LogP contribution in [-0.4, -0.2) is 40.8 Å². The van der Waals surface area contributed by atoms with E-state index < -0.39 is 22.8 Å². The van der Waals surface area contributed by atoms with Crippen LogP contribution in [0, 0.1) is 0 Å². The lowest BCUT2D eigenvalue weighted by molar-refractivity contribution is -0.144. The fourth-order valence-corrected chi connectivity index (χ4v) is 3.28. The van der Waals surface area contributed by atoms with Gasteiger partial charge in [0.25, 0.3) is 11.1 Å². The summed E-state index contributed by atoms with van der Waals surface area (Å²) in [4.78, 5) is 57.0. The second-order valence-corrected chi connectivity index (χ2v) is 6.71. The minimum atomic E-state index is -0.599. The van der Waals surface area contributed by atoms with Gasteiger partial charge in [0, 0.05) is 14.1 Å². The van der Waals surface area contributed by atoms with Crippen molar-refractivity contribution in [1.29, 1.82) is 0 Å². The zero-order valence-electron chi connectivity index (χ0n) is 16.3. The molecular weight excluding hydrogens is 392 g/mol. The normalized spacial score (nSPS) is 11.3. The average Bonchev–Trinajstić information content (AvgIpc) is 3.17. The van der Waals surface area contributed by atoms with Crippen LogP contribution in [0.3, 0.4) is 0 Å². The van der Waals surface area contributed by atoms with E-state index in [-0.39, 0.29) is 30.9 Å². The number of para-hydroxylation sites is 2. The van der Waals surface area contributed by atoms with Gasteiger partial charge >= 0.3 is 11.7 Å². The number of hydrogen-bond donors (Lipinski definition) is 0. The lowest BCUT2D eigenvalue weighted by Crippen LogP contribution is -2.37. The van der Waals surface area contributed by atoms with Crippen molar-refractivity contribution in [3.8, 4) is 0 Å². The molecule has 0 saturated carbocycles. The molecule has 3 heterocycles. The Kier molecular flexibility index (Phi) is 4.78. The first-order valence-corrected chi connectivity index (χ1v) is 9.09. The molecule has 0 aliphatic heterocycles. The zero-order chi connectivity index (χ0) is 21.4. The van der Waals surface area contributed by atoms with E-state index in [0.29, 0.717) is 11.0 Å². The third-order valence-electron chi connectivity index (χ3n) is 4.85. The predicted octanol–water partition coefficient (Wildman–Crippen LogP) is -0.613. The lowest BCUT2D eigenvalue weighted by Gasteiger charge is -2.10. The second-order valence-electron chi connectivity index (χ2n) is 6.71. The smallest absolute Gasteiger partial charge is 0.332 e. The largest absolute Gasteiger partial charge is 0.462 e. The van der Waals surface area contributed by atoms with Crippen molar-refractivity contribution in [3.63, 3.8) is 0 Å². The van der Waals surface area contributed by atoms with Crippen molar-refractivity contribution in [2.75, 3.05) is 6.61 Å². The first-order valence-electron chi connectivity index (χ1n) is 9.09. The van der Waals surface area contributed by atoms with Crippen molar-refractivity contribution < 1.29 is 9.53 Å². The molecule has 1 aromatic carbocycles. The maximum Gasteiger partial charge on any atom is 0.332 e. The molecule has 11 heteroatoms. The van der Waals surface area contributed by atoms with Gasteiger partial charge < -0.3 is 9.30 Å². The van der Waals surface area contributed by atoms with Gasteiger partial charge in [-0.05, 0) is 12.1 Å². The standard InChI is InChI=1S/C19H18N6O5/c1-22-17-16(18(28)23(2)19(22)29)24(11-21-17)7-8-30-15(27)10-25-13-6-4-3-5-12(13)20-9-14(25)26/h3-6,9,11H,7-8,10H2,1-2H3. The highest BCUT2D eigenvalue weighted by molar-refractivity contribution is 5.77. The number of esters is 1. The van der Waals surface area contributed by atoms with E-state index in [0.717, 1.165) is 10.8 Å². The molecule has 4 aromatic rings. The molecule has 3 aromatic heterocycles. The van der Waals surface area contributed by atoms with Crippen LogP contribution in [0.2, 0.25) is 0 Å². The summed E-state index contributed by atoms with van der Waals surface area (Å²) >= 11 is 0. The molecule has 0 aliphatic rings. The fraction of sp³-hybridized carbons (Fsp3) is 0.263. The van der Waals surface area contributed by atoms with Crippen molar-refractivity contribution in [2.24, 2.45) is 14.1 Å². The summed E-state index contributed by atoms with van der Waals surface area (Å²) in [5, 5.41) is 0. The SMILES string of the molecule is Cn1c(=O)c2c(ncn2CCOC(=O)Cn2c(=O)cnc3ccccc32)n(C)c1=O. The number of fused-ring (bicyclic) bond motifs is 2. The summed E-state index contributed by atoms with van der Waals surface area (Å²) in [6, 6.07) is 6.99. The Morgan fingerprint density at radius 1 is 1.07 bits per heavy atom. The molecule has 0 N–H and O–H groups in total. The van der Waals surface area contributed by atoms with Crippen LogP contribution in [0.1, 0.15) is 0 Å². The van der Waals surface area contributed by atoms with E-state index >= 15 is 0 Å². The van der Waals surface area contributed by atoms with E-state index in [1.807, 2.05) is 0 Å². The van der Waals surface area contributed by atoms with Crippen molar-refractivity contribution in [2.45, 2.75) is 13.1 Å². The predicted molar refractivity (Wildman–Crippen MR) is 107 cm³/mol. The van der Waals surface area contributed by atoms with Crippen LogP contribution in [0.15, 0.2) is 51.2 Å². The van der Waals surface area contributed by atoms with Gasteiger partial charge in [0.15, 0.2) is 11.2 Å². The van der Waals surface area contributed by atoms with Gasteiger partial charge in [0.2, 0.25) is 0 Å². The summed E-state index contributed by atoms with van der Waals surface area (Å²) in [6.07, 6.45) is 2.58. The number of carbonyl (C=O) groups excluding carboxylic acids is 1. The minimum absolute atomic E-state index is 0.0337. The highest BCUT2D eigenvalue weighted by atomic mass is 16.5. The first-order chi connectivity index (χ1) is 14.4. The number of imidazole rings is 1. The Morgan fingerprint density at radius 3 is 2.63 bits per heavy atom. The first kappa shape index (κ1) is 19.3. The third-order valence-corrected chi connectivity index (χ3v) is 4.85. The van der Waals surface area contributed by atoms with E-state index in [2.05, 4.69) is 9.97 Å². The number of benzene rings is 1. The van der Waals surface area contributed by atoms with Crippen LogP contribution in [-0.2, 0) is 36.7 Å². The Balaban J connectivity index is 1.50. The Hall–Kier alpha value is -4.02. The number of nitrogens with zero attached hydrogens (tertiary/aromatic N) is 6. The van der Waals surface area contributed by atoms with Gasteiger partial charge in [0.05, 0.1) is 30.1 Å². The molecule has 0 amide bonds. The average molecular weight is 410 g/mol. The molecule has 154 valence electrons. The number of aromatic nitrogens is 6. The Bertz CT molecular complexity index is 1460. The fourth-order valence-electron chi connectivity index (χ4n) is 3.28. The maximum absolute atomic E-state index is 12.4. The molecule has 30 heavy (non-hydrogen) atoms. The summed E-state index contributed by atoms with van der Waals surface area (Å²) < 4.78 is 10.3. The lowest BCUT2D eigenvalue weighted by atomic mass is 10.3. The summed E-state index contributed by atoms with van der Waals surface area (Å²) in [7, 11) is 2.91. The maximum atomic E-state index is 12.4. The molecule has 0 bridgehead atoms. The second kappa shape index (κ2) is 7.43. The number of carbonyl (C=O) groups is 1. The number of hydrogen-bond acceptors (Lipinski definition) is 7. The van der Waals surface area contributed by atoms with Gasteiger partial charge in [-0.3, -0.25) is 28.1 Å². The third kappa shape index (κ3) is 3.19. The van der Waals surface area contributed by atoms with Gasteiger partial charge in [-0.25, -0.2) is 14.8 Å². The Morgan fingerprint density at radius 2 is 1.83 bits per heavy atom. The molecule has 0 atom stereocenters. The van der Waals surface area contributed by atoms with Gasteiger partial charge in [-0.2, -0.15) is 0 Å². The molecule has 0 unspecified atom stereocenters. The van der Waals surface area contributed by atoms with E-state index in [1.54, 1.807) is 24.3 Å². The van der Waals surface area contributed by atoms with E-state index in [4.69, 9.17) is 4.74 Å². The molecule has 0 fully saturated rings. The van der Waals surface area contributed by atoms with Crippen LogP contribution < -0.4 is 16.8 Å². The van der Waals surface area contributed by atoms with Crippen LogP contribution in [0.5, 0.6) is 0 Å². The van der Waals surface area contributed by atoms with Gasteiger partial charge in [-0.15, -0.1) is 0 Å². The highest BCUT2D eigenvalue weighted by Gasteiger charge is 2.15.